The Morgan fingerprint density at radius 1 is 1.00 bits per heavy atom. The summed E-state index contributed by atoms with van der Waals surface area (Å²) in [6, 6.07) is 7.15. The lowest BCUT2D eigenvalue weighted by molar-refractivity contribution is -0.0514. The van der Waals surface area contributed by atoms with Crippen LogP contribution in [0.25, 0.3) is 0 Å². The largest absolute Gasteiger partial charge is 0.321 e. The molecule has 16 heavy (non-hydrogen) atoms. The van der Waals surface area contributed by atoms with Gasteiger partial charge in [-0.25, -0.2) is 8.78 Å². The van der Waals surface area contributed by atoms with Gasteiger partial charge in [-0.15, -0.1) is 0 Å². The summed E-state index contributed by atoms with van der Waals surface area (Å²) >= 11 is 5.78. The van der Waals surface area contributed by atoms with Crippen LogP contribution in [-0.2, 0) is 5.54 Å². The molecule has 0 aromatic heterocycles. The van der Waals surface area contributed by atoms with Crippen molar-refractivity contribution in [3.05, 3.63) is 34.9 Å². The van der Waals surface area contributed by atoms with E-state index in [2.05, 4.69) is 0 Å². The van der Waals surface area contributed by atoms with Gasteiger partial charge in [0.1, 0.15) is 0 Å². The number of rotatable bonds is 1. The zero-order valence-corrected chi connectivity index (χ0v) is 9.61. The van der Waals surface area contributed by atoms with Crippen molar-refractivity contribution in [2.24, 2.45) is 5.73 Å². The third kappa shape index (κ3) is 2.36. The molecule has 2 N–H and O–H groups in total. The number of hydrogen-bond acceptors (Lipinski definition) is 1. The highest BCUT2D eigenvalue weighted by atomic mass is 35.5. The summed E-state index contributed by atoms with van der Waals surface area (Å²) in [5.41, 5.74) is 6.45. The highest BCUT2D eigenvalue weighted by Gasteiger charge is 2.41. The maximum atomic E-state index is 13.1. The van der Waals surface area contributed by atoms with Gasteiger partial charge < -0.3 is 5.73 Å². The Morgan fingerprint density at radius 2 is 1.50 bits per heavy atom. The van der Waals surface area contributed by atoms with Crippen LogP contribution in [0.4, 0.5) is 8.78 Å². The normalized spacial score (nSPS) is 23.0. The maximum Gasteiger partial charge on any atom is 0.248 e. The number of alkyl halides is 2. The van der Waals surface area contributed by atoms with Gasteiger partial charge in [0.25, 0.3) is 0 Å². The van der Waals surface area contributed by atoms with Crippen molar-refractivity contribution in [1.29, 1.82) is 0 Å². The average Bonchev–Trinajstić information content (AvgIpc) is 2.24. The molecule has 0 unspecified atom stereocenters. The van der Waals surface area contributed by atoms with Gasteiger partial charge in [0, 0.05) is 23.4 Å². The molecule has 0 amide bonds. The van der Waals surface area contributed by atoms with Crippen LogP contribution in [-0.4, -0.2) is 5.92 Å². The molecule has 0 radical (unpaired) electrons. The van der Waals surface area contributed by atoms with Crippen LogP contribution in [0.15, 0.2) is 24.3 Å². The minimum Gasteiger partial charge on any atom is -0.321 e. The van der Waals surface area contributed by atoms with Crippen molar-refractivity contribution in [1.82, 2.24) is 0 Å². The predicted octanol–water partition coefficient (Wildman–Crippen LogP) is 3.70. The first-order chi connectivity index (χ1) is 7.41. The third-order valence-corrected chi connectivity index (χ3v) is 3.54. The van der Waals surface area contributed by atoms with Gasteiger partial charge in [-0.2, -0.15) is 0 Å². The summed E-state index contributed by atoms with van der Waals surface area (Å²) in [6.45, 7) is 0. The first kappa shape index (κ1) is 11.8. The molecule has 2 rings (SSSR count). The SMILES string of the molecule is NC1(c2ccc(Cl)cc2)CCC(F)(F)CC1. The van der Waals surface area contributed by atoms with Gasteiger partial charge in [0.15, 0.2) is 0 Å². The Morgan fingerprint density at radius 3 is 2.00 bits per heavy atom. The Bertz CT molecular complexity index is 365. The lowest BCUT2D eigenvalue weighted by Crippen LogP contribution is -2.43. The summed E-state index contributed by atoms with van der Waals surface area (Å²) in [5.74, 6) is -2.55. The molecule has 0 spiro atoms. The monoisotopic (exact) mass is 245 g/mol. The van der Waals surface area contributed by atoms with Crippen LogP contribution in [0.1, 0.15) is 31.2 Å². The molecular formula is C12H14ClF2N. The number of hydrogen-bond donors (Lipinski definition) is 1. The topological polar surface area (TPSA) is 26.0 Å². The first-order valence-electron chi connectivity index (χ1n) is 5.34. The summed E-state index contributed by atoms with van der Waals surface area (Å²) < 4.78 is 26.1. The molecule has 0 atom stereocenters. The second-order valence-electron chi connectivity index (χ2n) is 4.52. The van der Waals surface area contributed by atoms with Crippen LogP contribution < -0.4 is 5.73 Å². The molecular weight excluding hydrogens is 232 g/mol. The fourth-order valence-electron chi connectivity index (χ4n) is 2.13. The van der Waals surface area contributed by atoms with E-state index in [1.54, 1.807) is 12.1 Å². The second-order valence-corrected chi connectivity index (χ2v) is 4.96. The minimum absolute atomic E-state index is 0.133. The van der Waals surface area contributed by atoms with Gasteiger partial charge in [-0.1, -0.05) is 23.7 Å². The fourth-order valence-corrected chi connectivity index (χ4v) is 2.26. The van der Waals surface area contributed by atoms with Crippen LogP contribution in [0, 0.1) is 0 Å². The van der Waals surface area contributed by atoms with Crippen molar-refractivity contribution in [3.63, 3.8) is 0 Å². The Labute approximate surface area is 98.6 Å². The summed E-state index contributed by atoms with van der Waals surface area (Å²) in [6.07, 6.45) is 0.377. The molecule has 0 saturated heterocycles. The van der Waals surface area contributed by atoms with Crippen molar-refractivity contribution < 1.29 is 8.78 Å². The van der Waals surface area contributed by atoms with E-state index in [-0.39, 0.29) is 12.8 Å². The number of benzene rings is 1. The Balaban J connectivity index is 2.18. The molecule has 0 aliphatic heterocycles. The van der Waals surface area contributed by atoms with Crippen molar-refractivity contribution in [2.75, 3.05) is 0 Å². The van der Waals surface area contributed by atoms with Crippen molar-refractivity contribution in [3.8, 4) is 0 Å². The van der Waals surface area contributed by atoms with Gasteiger partial charge in [-0.05, 0) is 30.5 Å². The third-order valence-electron chi connectivity index (χ3n) is 3.29. The maximum absolute atomic E-state index is 13.1. The van der Waals surface area contributed by atoms with Gasteiger partial charge in [0.2, 0.25) is 5.92 Å². The average molecular weight is 246 g/mol. The lowest BCUT2D eigenvalue weighted by Gasteiger charge is -2.37. The number of halogens is 3. The molecule has 1 aromatic carbocycles. The van der Waals surface area contributed by atoms with Crippen molar-refractivity contribution >= 4 is 11.6 Å². The summed E-state index contributed by atoms with van der Waals surface area (Å²) in [7, 11) is 0. The van der Waals surface area contributed by atoms with Crippen molar-refractivity contribution in [2.45, 2.75) is 37.1 Å². The predicted molar refractivity (Wildman–Crippen MR) is 60.7 cm³/mol. The molecule has 1 aliphatic carbocycles. The van der Waals surface area contributed by atoms with E-state index >= 15 is 0 Å². The molecule has 1 fully saturated rings. The van der Waals surface area contributed by atoms with E-state index in [0.717, 1.165) is 5.56 Å². The molecule has 1 aliphatic rings. The fraction of sp³-hybridized carbons (Fsp3) is 0.500. The molecule has 0 heterocycles. The highest BCUT2D eigenvalue weighted by Crippen LogP contribution is 2.42. The molecule has 0 bridgehead atoms. The molecule has 1 nitrogen and oxygen atoms in total. The van der Waals surface area contributed by atoms with Crippen LogP contribution in [0.2, 0.25) is 5.02 Å². The molecule has 1 aromatic rings. The number of nitrogens with two attached hydrogens (primary N) is 1. The van der Waals surface area contributed by atoms with E-state index in [1.165, 1.54) is 0 Å². The molecule has 4 heteroatoms. The van der Waals surface area contributed by atoms with Gasteiger partial charge in [0.05, 0.1) is 0 Å². The van der Waals surface area contributed by atoms with E-state index in [1.807, 2.05) is 12.1 Å². The van der Waals surface area contributed by atoms with Crippen LogP contribution in [0.3, 0.4) is 0 Å². The van der Waals surface area contributed by atoms with E-state index in [0.29, 0.717) is 17.9 Å². The van der Waals surface area contributed by atoms with E-state index < -0.39 is 11.5 Å². The molecule has 88 valence electrons. The van der Waals surface area contributed by atoms with E-state index in [9.17, 15) is 8.78 Å². The van der Waals surface area contributed by atoms with Gasteiger partial charge in [-0.3, -0.25) is 0 Å². The Hall–Kier alpha value is -0.670. The van der Waals surface area contributed by atoms with Gasteiger partial charge >= 0.3 is 0 Å². The van der Waals surface area contributed by atoms with Crippen LogP contribution in [0.5, 0.6) is 0 Å². The minimum atomic E-state index is -2.55. The summed E-state index contributed by atoms with van der Waals surface area (Å²) in [4.78, 5) is 0. The standard InChI is InChI=1S/C12H14ClF2N/c13-10-3-1-9(2-4-10)11(16)5-7-12(14,15)8-6-11/h1-4H,5-8,16H2. The zero-order chi connectivity index (χ0) is 11.8. The smallest absolute Gasteiger partial charge is 0.248 e. The first-order valence-corrected chi connectivity index (χ1v) is 5.72. The summed E-state index contributed by atoms with van der Waals surface area (Å²) in [5, 5.41) is 0.633. The van der Waals surface area contributed by atoms with Crippen LogP contribution >= 0.6 is 11.6 Å². The second kappa shape index (κ2) is 3.97. The lowest BCUT2D eigenvalue weighted by atomic mass is 9.76. The Kier molecular flexibility index (Phi) is 2.93. The highest BCUT2D eigenvalue weighted by molar-refractivity contribution is 6.30. The molecule has 1 saturated carbocycles. The zero-order valence-electron chi connectivity index (χ0n) is 8.85. The van der Waals surface area contributed by atoms with E-state index in [4.69, 9.17) is 17.3 Å². The quantitative estimate of drug-likeness (QED) is 0.802.